The van der Waals surface area contributed by atoms with Crippen LogP contribution in [-0.4, -0.2) is 0 Å². The molecule has 2 rings (SSSR count). The zero-order valence-corrected chi connectivity index (χ0v) is 13.2. The molecule has 0 radical (unpaired) electrons. The smallest absolute Gasteiger partial charge is 0.109 e. The largest absolute Gasteiger partial charge is 0.232 e. The number of hydrogen-bond donors (Lipinski definition) is 0. The Morgan fingerprint density at radius 3 is 1.45 bits per heavy atom. The third-order valence-corrected chi connectivity index (χ3v) is 4.29. The number of hydrogen-bond acceptors (Lipinski definition) is 2. The highest BCUT2D eigenvalue weighted by Gasteiger charge is 2.07. The van der Waals surface area contributed by atoms with E-state index in [1.807, 2.05) is 12.1 Å². The summed E-state index contributed by atoms with van der Waals surface area (Å²) in [4.78, 5) is 10.2. The van der Waals surface area contributed by atoms with E-state index in [0.29, 0.717) is 20.1 Å². The quantitative estimate of drug-likeness (QED) is 0.376. The molecule has 0 amide bonds. The summed E-state index contributed by atoms with van der Waals surface area (Å²) in [5.74, 6) is 0. The van der Waals surface area contributed by atoms with Crippen LogP contribution in [0.25, 0.3) is 0 Å². The third-order valence-electron chi connectivity index (χ3n) is 2.58. The van der Waals surface area contributed by atoms with Crippen molar-refractivity contribution < 1.29 is 9.78 Å². The van der Waals surface area contributed by atoms with Crippen LogP contribution < -0.4 is 0 Å². The summed E-state index contributed by atoms with van der Waals surface area (Å²) in [5.41, 5.74) is 1.49. The van der Waals surface area contributed by atoms with E-state index < -0.39 is 0 Å². The maximum absolute atomic E-state index is 6.03. The minimum Gasteiger partial charge on any atom is -0.232 e. The van der Waals surface area contributed by atoms with Gasteiger partial charge in [-0.25, -0.2) is 9.78 Å². The van der Waals surface area contributed by atoms with Crippen molar-refractivity contribution in [2.24, 2.45) is 0 Å². The van der Waals surface area contributed by atoms with E-state index in [-0.39, 0.29) is 13.2 Å². The topological polar surface area (TPSA) is 18.5 Å². The summed E-state index contributed by atoms with van der Waals surface area (Å²) in [6.45, 7) is 0.384. The lowest BCUT2D eigenvalue weighted by molar-refractivity contribution is -0.313. The molecule has 0 aliphatic carbocycles. The third kappa shape index (κ3) is 4.01. The van der Waals surface area contributed by atoms with Crippen LogP contribution in [0.4, 0.5) is 0 Å². The predicted octanol–water partition coefficient (Wildman–Crippen LogP) is 5.95. The van der Waals surface area contributed by atoms with E-state index in [9.17, 15) is 0 Å². The van der Waals surface area contributed by atoms with Gasteiger partial charge >= 0.3 is 0 Å². The maximum atomic E-state index is 6.03. The summed E-state index contributed by atoms with van der Waals surface area (Å²) in [5, 5.41) is 1.87. The molecule has 20 heavy (non-hydrogen) atoms. The maximum Gasteiger partial charge on any atom is 0.109 e. The Bertz CT molecular complexity index is 548. The Balaban J connectivity index is 1.88. The molecule has 0 heterocycles. The standard InChI is InChI=1S/C14H10Cl4O2/c15-11-5-1-3-9(13(11)17)7-19-20-8-10-4-2-6-12(16)14(10)18/h1-6H,7-8H2. The fourth-order valence-electron chi connectivity index (χ4n) is 1.53. The molecule has 0 aliphatic heterocycles. The number of benzene rings is 2. The highest BCUT2D eigenvalue weighted by molar-refractivity contribution is 6.42. The summed E-state index contributed by atoms with van der Waals surface area (Å²) in [7, 11) is 0. The molecule has 0 bridgehead atoms. The van der Waals surface area contributed by atoms with Gasteiger partial charge in [0, 0.05) is 11.1 Å². The average Bonchev–Trinajstić information content (AvgIpc) is 2.43. The van der Waals surface area contributed by atoms with E-state index in [1.165, 1.54) is 0 Å². The predicted molar refractivity (Wildman–Crippen MR) is 82.5 cm³/mol. The van der Waals surface area contributed by atoms with Crippen LogP contribution in [0, 0.1) is 0 Å². The molecule has 2 aromatic rings. The van der Waals surface area contributed by atoms with E-state index in [1.54, 1.807) is 24.3 Å². The van der Waals surface area contributed by atoms with Crippen LogP contribution >= 0.6 is 46.4 Å². The Hall–Kier alpha value is -0.480. The molecular weight excluding hydrogens is 342 g/mol. The molecule has 0 atom stereocenters. The zero-order chi connectivity index (χ0) is 14.5. The van der Waals surface area contributed by atoms with Gasteiger partial charge in [-0.05, 0) is 12.1 Å². The van der Waals surface area contributed by atoms with Gasteiger partial charge in [0.15, 0.2) is 0 Å². The molecule has 0 N–H and O–H groups in total. The molecule has 6 heteroatoms. The van der Waals surface area contributed by atoms with Crippen LogP contribution in [0.15, 0.2) is 36.4 Å². The second-order valence-corrected chi connectivity index (χ2v) is 5.52. The molecule has 2 nitrogen and oxygen atoms in total. The van der Waals surface area contributed by atoms with Gasteiger partial charge < -0.3 is 0 Å². The Morgan fingerprint density at radius 2 is 1.05 bits per heavy atom. The minimum absolute atomic E-state index is 0.192. The van der Waals surface area contributed by atoms with Crippen molar-refractivity contribution in [3.63, 3.8) is 0 Å². The van der Waals surface area contributed by atoms with Crippen LogP contribution in [0.3, 0.4) is 0 Å². The zero-order valence-electron chi connectivity index (χ0n) is 10.2. The highest BCUT2D eigenvalue weighted by Crippen LogP contribution is 2.27. The van der Waals surface area contributed by atoms with Crippen molar-refractivity contribution in [1.29, 1.82) is 0 Å². The monoisotopic (exact) mass is 350 g/mol. The van der Waals surface area contributed by atoms with E-state index >= 15 is 0 Å². The molecule has 0 aromatic heterocycles. The molecule has 2 aromatic carbocycles. The normalized spacial score (nSPS) is 10.8. The van der Waals surface area contributed by atoms with Gasteiger partial charge in [-0.3, -0.25) is 0 Å². The second-order valence-electron chi connectivity index (χ2n) is 3.95. The van der Waals surface area contributed by atoms with Crippen LogP contribution in [0.2, 0.25) is 20.1 Å². The van der Waals surface area contributed by atoms with E-state index in [4.69, 9.17) is 56.2 Å². The van der Waals surface area contributed by atoms with Gasteiger partial charge in [0.25, 0.3) is 0 Å². The van der Waals surface area contributed by atoms with Crippen molar-refractivity contribution in [2.75, 3.05) is 0 Å². The Kier molecular flexibility index (Phi) is 5.97. The molecule has 0 unspecified atom stereocenters. The van der Waals surface area contributed by atoms with Gasteiger partial charge in [-0.2, -0.15) is 0 Å². The number of halogens is 4. The minimum atomic E-state index is 0.192. The summed E-state index contributed by atoms with van der Waals surface area (Å²) in [6.07, 6.45) is 0. The summed E-state index contributed by atoms with van der Waals surface area (Å²) in [6, 6.07) is 10.6. The first-order chi connectivity index (χ1) is 9.59. The molecule has 0 fully saturated rings. The lowest BCUT2D eigenvalue weighted by atomic mass is 10.2. The van der Waals surface area contributed by atoms with Gasteiger partial charge in [0.1, 0.15) is 13.2 Å². The summed E-state index contributed by atoms with van der Waals surface area (Å²) < 4.78 is 0. The molecule has 0 saturated carbocycles. The van der Waals surface area contributed by atoms with Crippen LogP contribution in [-0.2, 0) is 23.0 Å². The Labute approximate surface area is 137 Å². The van der Waals surface area contributed by atoms with Gasteiger partial charge in [0.2, 0.25) is 0 Å². The van der Waals surface area contributed by atoms with Gasteiger partial charge in [-0.1, -0.05) is 70.7 Å². The molecule has 0 saturated heterocycles. The fourth-order valence-corrected chi connectivity index (χ4v) is 2.28. The molecule has 106 valence electrons. The first kappa shape index (κ1) is 15.9. The van der Waals surface area contributed by atoms with Gasteiger partial charge in [0.05, 0.1) is 20.1 Å². The molecule has 0 spiro atoms. The van der Waals surface area contributed by atoms with Crippen molar-refractivity contribution in [1.82, 2.24) is 0 Å². The van der Waals surface area contributed by atoms with Crippen LogP contribution in [0.1, 0.15) is 11.1 Å². The van der Waals surface area contributed by atoms with E-state index in [0.717, 1.165) is 11.1 Å². The fraction of sp³-hybridized carbons (Fsp3) is 0.143. The lowest BCUT2D eigenvalue weighted by Crippen LogP contribution is -1.98. The summed E-state index contributed by atoms with van der Waals surface area (Å²) >= 11 is 23.9. The highest BCUT2D eigenvalue weighted by atomic mass is 35.5. The van der Waals surface area contributed by atoms with Crippen LogP contribution in [0.5, 0.6) is 0 Å². The van der Waals surface area contributed by atoms with Crippen molar-refractivity contribution in [3.05, 3.63) is 67.6 Å². The Morgan fingerprint density at radius 1 is 0.650 bits per heavy atom. The van der Waals surface area contributed by atoms with Crippen molar-refractivity contribution >= 4 is 46.4 Å². The molecule has 0 aliphatic rings. The first-order valence-electron chi connectivity index (χ1n) is 5.70. The molecular formula is C14H10Cl4O2. The van der Waals surface area contributed by atoms with Crippen molar-refractivity contribution in [2.45, 2.75) is 13.2 Å². The lowest BCUT2D eigenvalue weighted by Gasteiger charge is -2.08. The first-order valence-corrected chi connectivity index (χ1v) is 7.21. The average molecular weight is 352 g/mol. The van der Waals surface area contributed by atoms with Crippen molar-refractivity contribution in [3.8, 4) is 0 Å². The SMILES string of the molecule is Clc1cccc(COOCc2cccc(Cl)c2Cl)c1Cl. The number of rotatable bonds is 5. The second kappa shape index (κ2) is 7.51. The van der Waals surface area contributed by atoms with Gasteiger partial charge in [-0.15, -0.1) is 0 Å². The van der Waals surface area contributed by atoms with E-state index in [2.05, 4.69) is 0 Å².